The Morgan fingerprint density at radius 3 is 2.95 bits per heavy atom. The smallest absolute Gasteiger partial charge is 0.257 e. The SMILES string of the molecule is Cc1cccc(OCC(=O)NCC2CNCC2O)c1.Cl. The number of nitrogens with one attached hydrogen (secondary N) is 2. The molecule has 1 aliphatic heterocycles. The molecule has 1 heterocycles. The van der Waals surface area contributed by atoms with Gasteiger partial charge < -0.3 is 20.5 Å². The topological polar surface area (TPSA) is 70.6 Å². The predicted octanol–water partition coefficient (Wildman–Crippen LogP) is 0.492. The minimum atomic E-state index is -0.377. The molecule has 3 N–H and O–H groups in total. The molecule has 0 aliphatic carbocycles. The number of hydrogen-bond acceptors (Lipinski definition) is 4. The van der Waals surface area contributed by atoms with E-state index in [2.05, 4.69) is 10.6 Å². The number of halogens is 1. The number of aliphatic hydroxyl groups excluding tert-OH is 1. The zero-order chi connectivity index (χ0) is 13.7. The monoisotopic (exact) mass is 300 g/mol. The van der Waals surface area contributed by atoms with Gasteiger partial charge in [-0.25, -0.2) is 0 Å². The fourth-order valence-corrected chi connectivity index (χ4v) is 2.08. The molecule has 1 aromatic carbocycles. The van der Waals surface area contributed by atoms with Gasteiger partial charge in [-0.15, -0.1) is 12.4 Å². The van der Waals surface area contributed by atoms with Crippen molar-refractivity contribution in [2.24, 2.45) is 5.92 Å². The number of carbonyl (C=O) groups is 1. The zero-order valence-corrected chi connectivity index (χ0v) is 12.3. The van der Waals surface area contributed by atoms with Crippen molar-refractivity contribution in [1.29, 1.82) is 0 Å². The van der Waals surface area contributed by atoms with E-state index in [1.165, 1.54) is 0 Å². The molecule has 0 bridgehead atoms. The third kappa shape index (κ3) is 5.00. The third-order valence-corrected chi connectivity index (χ3v) is 3.23. The van der Waals surface area contributed by atoms with E-state index < -0.39 is 0 Å². The maximum absolute atomic E-state index is 11.6. The summed E-state index contributed by atoms with van der Waals surface area (Å²) in [4.78, 5) is 11.6. The molecule has 2 unspecified atom stereocenters. The number of carbonyl (C=O) groups excluding carboxylic acids is 1. The normalized spacial score (nSPS) is 21.1. The van der Waals surface area contributed by atoms with E-state index in [4.69, 9.17) is 4.74 Å². The summed E-state index contributed by atoms with van der Waals surface area (Å²) in [5.41, 5.74) is 1.10. The second kappa shape index (κ2) is 8.09. The van der Waals surface area contributed by atoms with Gasteiger partial charge in [0.1, 0.15) is 5.75 Å². The highest BCUT2D eigenvalue weighted by molar-refractivity contribution is 5.85. The van der Waals surface area contributed by atoms with Crippen LogP contribution in [0.3, 0.4) is 0 Å². The lowest BCUT2D eigenvalue weighted by Crippen LogP contribution is -2.36. The first kappa shape index (κ1) is 16.8. The molecule has 1 aliphatic rings. The van der Waals surface area contributed by atoms with Crippen LogP contribution in [0, 0.1) is 12.8 Å². The molecular weight excluding hydrogens is 280 g/mol. The van der Waals surface area contributed by atoms with Gasteiger partial charge in [0, 0.05) is 25.6 Å². The Balaban J connectivity index is 0.00000200. The van der Waals surface area contributed by atoms with Gasteiger partial charge in [0.2, 0.25) is 0 Å². The lowest BCUT2D eigenvalue weighted by atomic mass is 10.1. The number of benzene rings is 1. The minimum absolute atomic E-state index is 0. The second-order valence-corrected chi connectivity index (χ2v) is 4.89. The van der Waals surface area contributed by atoms with Crippen LogP contribution >= 0.6 is 12.4 Å². The molecule has 20 heavy (non-hydrogen) atoms. The van der Waals surface area contributed by atoms with E-state index in [-0.39, 0.29) is 36.9 Å². The highest BCUT2D eigenvalue weighted by Gasteiger charge is 2.24. The summed E-state index contributed by atoms with van der Waals surface area (Å²) in [5, 5.41) is 15.4. The van der Waals surface area contributed by atoms with Gasteiger partial charge in [-0.2, -0.15) is 0 Å². The molecule has 2 atom stereocenters. The maximum atomic E-state index is 11.6. The van der Waals surface area contributed by atoms with Crippen LogP contribution in [0.15, 0.2) is 24.3 Å². The Morgan fingerprint density at radius 2 is 2.30 bits per heavy atom. The van der Waals surface area contributed by atoms with Crippen molar-refractivity contribution in [2.75, 3.05) is 26.2 Å². The molecule has 112 valence electrons. The summed E-state index contributed by atoms with van der Waals surface area (Å²) >= 11 is 0. The van der Waals surface area contributed by atoms with Gasteiger partial charge in [-0.3, -0.25) is 4.79 Å². The number of ether oxygens (including phenoxy) is 1. The van der Waals surface area contributed by atoms with Gasteiger partial charge in [0.15, 0.2) is 6.61 Å². The van der Waals surface area contributed by atoms with Crippen molar-refractivity contribution >= 4 is 18.3 Å². The van der Waals surface area contributed by atoms with Gasteiger partial charge >= 0.3 is 0 Å². The van der Waals surface area contributed by atoms with Crippen LogP contribution < -0.4 is 15.4 Å². The van der Waals surface area contributed by atoms with Crippen molar-refractivity contribution in [3.63, 3.8) is 0 Å². The van der Waals surface area contributed by atoms with Gasteiger partial charge in [-0.05, 0) is 24.6 Å². The van der Waals surface area contributed by atoms with Gasteiger partial charge in [0.25, 0.3) is 5.91 Å². The molecular formula is C14H21ClN2O3. The van der Waals surface area contributed by atoms with Crippen LogP contribution in [0.5, 0.6) is 5.75 Å². The number of aliphatic hydroxyl groups is 1. The number of hydrogen-bond donors (Lipinski definition) is 3. The van der Waals surface area contributed by atoms with Crippen LogP contribution in [0.25, 0.3) is 0 Å². The van der Waals surface area contributed by atoms with Crippen molar-refractivity contribution < 1.29 is 14.6 Å². The highest BCUT2D eigenvalue weighted by Crippen LogP contribution is 2.12. The predicted molar refractivity (Wildman–Crippen MR) is 79.3 cm³/mol. The van der Waals surface area contributed by atoms with E-state index in [1.54, 1.807) is 0 Å². The van der Waals surface area contributed by atoms with Crippen LogP contribution in [0.2, 0.25) is 0 Å². The summed E-state index contributed by atoms with van der Waals surface area (Å²) in [6.45, 7) is 3.78. The Kier molecular flexibility index (Phi) is 6.78. The van der Waals surface area contributed by atoms with Gasteiger partial charge in [0.05, 0.1) is 6.10 Å². The van der Waals surface area contributed by atoms with E-state index >= 15 is 0 Å². The summed E-state index contributed by atoms with van der Waals surface area (Å²) in [7, 11) is 0. The van der Waals surface area contributed by atoms with Crippen LogP contribution in [-0.4, -0.2) is 43.4 Å². The summed E-state index contributed by atoms with van der Waals surface area (Å²) in [5.74, 6) is 0.612. The summed E-state index contributed by atoms with van der Waals surface area (Å²) < 4.78 is 5.40. The molecule has 0 spiro atoms. The first-order chi connectivity index (χ1) is 9.15. The molecule has 5 nitrogen and oxygen atoms in total. The van der Waals surface area contributed by atoms with Crippen LogP contribution in [0.4, 0.5) is 0 Å². The molecule has 1 saturated heterocycles. The van der Waals surface area contributed by atoms with Crippen molar-refractivity contribution in [3.05, 3.63) is 29.8 Å². The average Bonchev–Trinajstić information content (AvgIpc) is 2.80. The van der Waals surface area contributed by atoms with Gasteiger partial charge in [-0.1, -0.05) is 12.1 Å². The summed E-state index contributed by atoms with van der Waals surface area (Å²) in [6, 6.07) is 7.58. The fourth-order valence-electron chi connectivity index (χ4n) is 2.08. The molecule has 6 heteroatoms. The molecule has 1 amide bonds. The number of rotatable bonds is 5. The molecule has 1 fully saturated rings. The van der Waals surface area contributed by atoms with E-state index in [9.17, 15) is 9.90 Å². The van der Waals surface area contributed by atoms with E-state index in [0.29, 0.717) is 18.8 Å². The molecule has 2 rings (SSSR count). The van der Waals surface area contributed by atoms with E-state index in [0.717, 1.165) is 12.1 Å². The Labute approximate surface area is 125 Å². The lowest BCUT2D eigenvalue weighted by Gasteiger charge is -2.14. The van der Waals surface area contributed by atoms with Crippen molar-refractivity contribution in [1.82, 2.24) is 10.6 Å². The lowest BCUT2D eigenvalue weighted by molar-refractivity contribution is -0.123. The Morgan fingerprint density at radius 1 is 1.50 bits per heavy atom. The average molecular weight is 301 g/mol. The summed E-state index contributed by atoms with van der Waals surface area (Å²) in [6.07, 6.45) is -0.377. The number of amides is 1. The maximum Gasteiger partial charge on any atom is 0.257 e. The molecule has 0 aromatic heterocycles. The molecule has 0 radical (unpaired) electrons. The van der Waals surface area contributed by atoms with Crippen LogP contribution in [-0.2, 0) is 4.79 Å². The highest BCUT2D eigenvalue weighted by atomic mass is 35.5. The van der Waals surface area contributed by atoms with E-state index in [1.807, 2.05) is 31.2 Å². The number of β-amino-alcohol motifs (C(OH)–C–C–N with tert-alkyl or cyclic N) is 1. The van der Waals surface area contributed by atoms with Crippen molar-refractivity contribution in [3.8, 4) is 5.75 Å². The Hall–Kier alpha value is -1.30. The minimum Gasteiger partial charge on any atom is -0.484 e. The first-order valence-electron chi connectivity index (χ1n) is 6.50. The zero-order valence-electron chi connectivity index (χ0n) is 11.5. The number of aryl methyl sites for hydroxylation is 1. The van der Waals surface area contributed by atoms with Crippen molar-refractivity contribution in [2.45, 2.75) is 13.0 Å². The Bertz CT molecular complexity index is 442. The molecule has 0 saturated carbocycles. The standard InChI is InChI=1S/C14H20N2O3.ClH/c1-10-3-2-4-12(5-10)19-9-14(18)16-7-11-6-15-8-13(11)17;/h2-5,11,13,15,17H,6-9H2,1H3,(H,16,18);1H. The fraction of sp³-hybridized carbons (Fsp3) is 0.500. The largest absolute Gasteiger partial charge is 0.484 e. The molecule has 1 aromatic rings. The second-order valence-electron chi connectivity index (χ2n) is 4.89. The quantitative estimate of drug-likeness (QED) is 0.740. The first-order valence-corrected chi connectivity index (χ1v) is 6.50. The third-order valence-electron chi connectivity index (χ3n) is 3.23. The van der Waals surface area contributed by atoms with Crippen LogP contribution in [0.1, 0.15) is 5.56 Å².